The van der Waals surface area contributed by atoms with Crippen molar-refractivity contribution in [2.75, 3.05) is 6.61 Å². The van der Waals surface area contributed by atoms with Gasteiger partial charge in [0.25, 0.3) is 0 Å². The molecule has 0 saturated heterocycles. The second kappa shape index (κ2) is 6.61. The van der Waals surface area contributed by atoms with Crippen LogP contribution in [-0.2, 0) is 16.0 Å². The molecule has 1 amide bonds. The molecule has 6 nitrogen and oxygen atoms in total. The van der Waals surface area contributed by atoms with Crippen molar-refractivity contribution in [2.45, 2.75) is 19.4 Å². The van der Waals surface area contributed by atoms with Crippen LogP contribution < -0.4 is 10.5 Å². The van der Waals surface area contributed by atoms with Crippen molar-refractivity contribution in [3.8, 4) is 5.75 Å². The van der Waals surface area contributed by atoms with Crippen LogP contribution in [0.1, 0.15) is 12.5 Å². The molecule has 0 radical (unpaired) electrons. The minimum absolute atomic E-state index is 0.0202. The molecular weight excluding hydrogens is 236 g/mol. The number of nitrogens with two attached hydrogens (primary N) is 1. The fourth-order valence-electron chi connectivity index (χ4n) is 1.32. The lowest BCUT2D eigenvalue weighted by Crippen LogP contribution is -2.31. The Morgan fingerprint density at radius 3 is 2.44 bits per heavy atom. The maximum atomic E-state index is 10.9. The Labute approximate surface area is 104 Å². The fraction of sp³-hybridized carbons (Fsp3) is 0.333. The minimum Gasteiger partial charge on any atom is -0.486 e. The number of hydrogen-bond donors (Lipinski definition) is 1. The van der Waals surface area contributed by atoms with E-state index in [1.54, 1.807) is 24.3 Å². The molecular formula is C12H14N2O4. The summed E-state index contributed by atoms with van der Waals surface area (Å²) in [5.74, 6) is -0.377. The van der Waals surface area contributed by atoms with Crippen LogP contribution in [0.2, 0.25) is 0 Å². The molecule has 1 atom stereocenters. The maximum absolute atomic E-state index is 10.9. The van der Waals surface area contributed by atoms with Gasteiger partial charge in [0.15, 0.2) is 5.78 Å². The summed E-state index contributed by atoms with van der Waals surface area (Å²) in [6.07, 6.45) is 0.234. The third kappa shape index (κ3) is 4.42. The molecule has 0 spiro atoms. The zero-order valence-corrected chi connectivity index (χ0v) is 9.96. The highest BCUT2D eigenvalue weighted by molar-refractivity contribution is 5.82. The Kier molecular flexibility index (Phi) is 5.13. The highest BCUT2D eigenvalue weighted by Crippen LogP contribution is 2.13. The second-order valence-corrected chi connectivity index (χ2v) is 3.87. The molecule has 2 N–H and O–H groups in total. The van der Waals surface area contributed by atoms with Crippen molar-refractivity contribution in [1.29, 1.82) is 0 Å². The quantitative estimate of drug-likeness (QED) is 0.753. The molecule has 0 aliphatic heterocycles. The van der Waals surface area contributed by atoms with Crippen molar-refractivity contribution < 1.29 is 14.3 Å². The van der Waals surface area contributed by atoms with Gasteiger partial charge in [0.2, 0.25) is 0 Å². The van der Waals surface area contributed by atoms with Gasteiger partial charge in [-0.25, -0.2) is 0 Å². The summed E-state index contributed by atoms with van der Waals surface area (Å²) < 4.78 is 5.18. The molecule has 0 saturated carbocycles. The number of Topliss-reactive ketones (excluding diaryl/α,β-unsaturated/α-hetero) is 1. The number of nitroso groups, excluding NO2 is 1. The second-order valence-electron chi connectivity index (χ2n) is 3.87. The van der Waals surface area contributed by atoms with Gasteiger partial charge < -0.3 is 10.5 Å². The smallest absolute Gasteiger partial charge is 0.303 e. The average molecular weight is 250 g/mol. The van der Waals surface area contributed by atoms with E-state index in [2.05, 4.69) is 5.18 Å². The van der Waals surface area contributed by atoms with Gasteiger partial charge in [-0.3, -0.25) is 9.59 Å². The number of amides is 1. The number of ketones is 1. The number of hydrogen-bond acceptors (Lipinski definition) is 5. The molecule has 18 heavy (non-hydrogen) atoms. The van der Waals surface area contributed by atoms with E-state index in [1.165, 1.54) is 6.92 Å². The normalized spacial score (nSPS) is 11.7. The number of ether oxygens (including phenoxy) is 1. The summed E-state index contributed by atoms with van der Waals surface area (Å²) in [5, 5.41) is 2.27. The lowest BCUT2D eigenvalue weighted by Gasteiger charge is -2.07. The van der Waals surface area contributed by atoms with Crippen LogP contribution in [-0.4, -0.2) is 24.3 Å². The first kappa shape index (κ1) is 14.0. The monoisotopic (exact) mass is 250 g/mol. The molecule has 1 rings (SSSR count). The molecule has 1 aromatic carbocycles. The molecule has 0 aromatic heterocycles. The van der Waals surface area contributed by atoms with Crippen LogP contribution in [0.15, 0.2) is 29.4 Å². The fourth-order valence-corrected chi connectivity index (χ4v) is 1.32. The van der Waals surface area contributed by atoms with Crippen molar-refractivity contribution in [1.82, 2.24) is 0 Å². The summed E-state index contributed by atoms with van der Waals surface area (Å²) in [4.78, 5) is 31.6. The zero-order chi connectivity index (χ0) is 13.5. The molecule has 0 heterocycles. The first-order chi connectivity index (χ1) is 8.52. The van der Waals surface area contributed by atoms with Crippen LogP contribution in [0.5, 0.6) is 5.75 Å². The molecule has 0 bridgehead atoms. The molecule has 0 fully saturated rings. The Hall–Kier alpha value is -2.08. The van der Waals surface area contributed by atoms with Crippen LogP contribution >= 0.6 is 0 Å². The minimum atomic E-state index is -0.925. The molecule has 1 aromatic rings. The summed E-state index contributed by atoms with van der Waals surface area (Å²) in [6, 6.07) is 5.85. The summed E-state index contributed by atoms with van der Waals surface area (Å²) in [5.41, 5.74) is 6.26. The van der Waals surface area contributed by atoms with E-state index in [-0.39, 0.29) is 18.8 Å². The van der Waals surface area contributed by atoms with Gasteiger partial charge in [0.1, 0.15) is 12.4 Å². The van der Waals surface area contributed by atoms with Gasteiger partial charge in [0.05, 0.1) is 6.04 Å². The molecule has 1 unspecified atom stereocenters. The number of nitrogens with zero attached hydrogens (tertiary/aromatic N) is 1. The standard InChI is InChI=1S/C12H14N2O4/c1-8(15)7-18-10-4-2-9(3-5-10)6-11(13)12(16)14-17/h2-5,11H,6-7,13H2,1H3. The highest BCUT2D eigenvalue weighted by atomic mass is 16.5. The first-order valence-electron chi connectivity index (χ1n) is 5.37. The molecule has 0 aliphatic carbocycles. The van der Waals surface area contributed by atoms with E-state index in [0.717, 1.165) is 5.56 Å². The predicted octanol–water partition coefficient (Wildman–Crippen LogP) is 0.817. The third-order valence-corrected chi connectivity index (χ3v) is 2.23. The lowest BCUT2D eigenvalue weighted by atomic mass is 10.1. The van der Waals surface area contributed by atoms with Crippen molar-refractivity contribution >= 4 is 11.7 Å². The van der Waals surface area contributed by atoms with E-state index in [1.807, 2.05) is 0 Å². The number of carbonyl (C=O) groups excluding carboxylic acids is 2. The molecule has 0 aliphatic rings. The van der Waals surface area contributed by atoms with Crippen molar-refractivity contribution in [2.24, 2.45) is 10.9 Å². The van der Waals surface area contributed by atoms with Gasteiger partial charge in [-0.1, -0.05) is 12.1 Å². The number of carbonyl (C=O) groups is 2. The van der Waals surface area contributed by atoms with E-state index in [0.29, 0.717) is 5.75 Å². The van der Waals surface area contributed by atoms with E-state index in [4.69, 9.17) is 10.5 Å². The van der Waals surface area contributed by atoms with Gasteiger partial charge in [0, 0.05) is 5.18 Å². The Bertz CT molecular complexity index is 442. The number of rotatable bonds is 6. The summed E-state index contributed by atoms with van der Waals surface area (Å²) >= 11 is 0. The van der Waals surface area contributed by atoms with E-state index < -0.39 is 11.9 Å². The first-order valence-corrected chi connectivity index (χ1v) is 5.37. The largest absolute Gasteiger partial charge is 0.486 e. The van der Waals surface area contributed by atoms with Gasteiger partial charge in [-0.05, 0) is 31.0 Å². The highest BCUT2D eigenvalue weighted by Gasteiger charge is 2.14. The SMILES string of the molecule is CC(=O)COc1ccc(CC(N)C(=O)N=O)cc1. The van der Waals surface area contributed by atoms with E-state index >= 15 is 0 Å². The third-order valence-electron chi connectivity index (χ3n) is 2.23. The average Bonchev–Trinajstić information content (AvgIpc) is 2.36. The van der Waals surface area contributed by atoms with E-state index in [9.17, 15) is 14.5 Å². The number of benzene rings is 1. The van der Waals surface area contributed by atoms with Crippen LogP contribution in [0.4, 0.5) is 0 Å². The van der Waals surface area contributed by atoms with Crippen LogP contribution in [0, 0.1) is 4.91 Å². The van der Waals surface area contributed by atoms with Crippen LogP contribution in [0.25, 0.3) is 0 Å². The van der Waals surface area contributed by atoms with Crippen molar-refractivity contribution in [3.63, 3.8) is 0 Å². The Morgan fingerprint density at radius 2 is 1.94 bits per heavy atom. The topological polar surface area (TPSA) is 98.8 Å². The lowest BCUT2D eigenvalue weighted by molar-refractivity contribution is -0.119. The Balaban J connectivity index is 2.57. The maximum Gasteiger partial charge on any atom is 0.303 e. The van der Waals surface area contributed by atoms with Gasteiger partial charge in [-0.2, -0.15) is 0 Å². The summed E-state index contributed by atoms with van der Waals surface area (Å²) in [6.45, 7) is 1.46. The van der Waals surface area contributed by atoms with Gasteiger partial charge >= 0.3 is 5.91 Å². The Morgan fingerprint density at radius 1 is 1.33 bits per heavy atom. The van der Waals surface area contributed by atoms with Crippen LogP contribution in [0.3, 0.4) is 0 Å². The van der Waals surface area contributed by atoms with Crippen molar-refractivity contribution in [3.05, 3.63) is 34.7 Å². The molecule has 6 heteroatoms. The predicted molar refractivity (Wildman–Crippen MR) is 65.1 cm³/mol. The summed E-state index contributed by atoms with van der Waals surface area (Å²) in [7, 11) is 0. The molecule has 96 valence electrons. The van der Waals surface area contributed by atoms with Gasteiger partial charge in [-0.15, -0.1) is 4.91 Å². The zero-order valence-electron chi connectivity index (χ0n) is 9.96.